The van der Waals surface area contributed by atoms with Gasteiger partial charge in [0.2, 0.25) is 0 Å². The van der Waals surface area contributed by atoms with Gasteiger partial charge in [-0.15, -0.1) is 0 Å². The topological polar surface area (TPSA) is 52.0 Å². The summed E-state index contributed by atoms with van der Waals surface area (Å²) in [5.74, 6) is 0.724. The molecule has 0 aliphatic heterocycles. The molecule has 0 spiro atoms. The van der Waals surface area contributed by atoms with Gasteiger partial charge >= 0.3 is 0 Å². The van der Waals surface area contributed by atoms with Gasteiger partial charge in [0.25, 0.3) is 0 Å². The zero-order valence-electron chi connectivity index (χ0n) is 6.51. The van der Waals surface area contributed by atoms with Crippen molar-refractivity contribution < 1.29 is 8.42 Å². The highest BCUT2D eigenvalue weighted by Crippen LogP contribution is 2.30. The third-order valence-electron chi connectivity index (χ3n) is 1.97. The van der Waals surface area contributed by atoms with Gasteiger partial charge in [-0.3, -0.25) is 4.68 Å². The third kappa shape index (κ3) is 1.66. The van der Waals surface area contributed by atoms with E-state index in [-0.39, 0.29) is 0 Å². The van der Waals surface area contributed by atoms with Crippen LogP contribution in [0.4, 0.5) is 0 Å². The maximum atomic E-state index is 10.5. The summed E-state index contributed by atoms with van der Waals surface area (Å²) < 4.78 is 22.7. The van der Waals surface area contributed by atoms with Crippen molar-refractivity contribution in [3.8, 4) is 0 Å². The van der Waals surface area contributed by atoms with Gasteiger partial charge in [0.15, 0.2) is 10.7 Å². The average molecular weight is 186 g/mol. The molecule has 0 aromatic carbocycles. The van der Waals surface area contributed by atoms with Crippen LogP contribution in [0.3, 0.4) is 0 Å². The zero-order valence-corrected chi connectivity index (χ0v) is 7.41. The van der Waals surface area contributed by atoms with E-state index in [0.717, 1.165) is 12.5 Å². The highest BCUT2D eigenvalue weighted by Gasteiger charge is 2.21. The summed E-state index contributed by atoms with van der Waals surface area (Å²) in [6.07, 6.45) is 5.48. The molecule has 0 radical (unpaired) electrons. The molecule has 66 valence electrons. The molecule has 1 aromatic rings. The van der Waals surface area contributed by atoms with E-state index in [1.54, 1.807) is 10.9 Å². The molecule has 2 rings (SSSR count). The minimum absolute atomic E-state index is 0.311. The summed E-state index contributed by atoms with van der Waals surface area (Å²) >= 11 is 0. The Kier molecular flexibility index (Phi) is 1.88. The van der Waals surface area contributed by atoms with Crippen molar-refractivity contribution in [2.75, 3.05) is 0 Å². The van der Waals surface area contributed by atoms with E-state index in [1.807, 2.05) is 0 Å². The van der Waals surface area contributed by atoms with Crippen molar-refractivity contribution in [1.82, 2.24) is 9.78 Å². The molecule has 1 aliphatic rings. The molecule has 1 saturated carbocycles. The summed E-state index contributed by atoms with van der Waals surface area (Å²) in [6.45, 7) is 0.864. The van der Waals surface area contributed by atoms with Crippen molar-refractivity contribution in [2.45, 2.75) is 24.3 Å². The van der Waals surface area contributed by atoms with E-state index >= 15 is 0 Å². The predicted octanol–water partition coefficient (Wildman–Crippen LogP) is 0.263. The van der Waals surface area contributed by atoms with Crippen LogP contribution in [-0.4, -0.2) is 18.2 Å². The lowest BCUT2D eigenvalue weighted by molar-refractivity contribution is 0.562. The maximum Gasteiger partial charge on any atom is 0.171 e. The fourth-order valence-electron chi connectivity index (χ4n) is 1.11. The lowest BCUT2D eigenvalue weighted by atomic mass is 10.4. The fraction of sp³-hybridized carbons (Fsp3) is 0.571. The molecule has 0 amide bonds. The minimum atomic E-state index is -2.46. The first kappa shape index (κ1) is 7.79. The number of nitrogens with zero attached hydrogens (tertiary/aromatic N) is 2. The minimum Gasteiger partial charge on any atom is -0.271 e. The second-order valence-electron chi connectivity index (χ2n) is 3.12. The Morgan fingerprint density at radius 3 is 2.83 bits per heavy atom. The van der Waals surface area contributed by atoms with Gasteiger partial charge in [-0.2, -0.15) is 5.10 Å². The van der Waals surface area contributed by atoms with Crippen LogP contribution in [0.25, 0.3) is 0 Å². The molecule has 5 heteroatoms. The molecular weight excluding hydrogens is 176 g/mol. The van der Waals surface area contributed by atoms with Gasteiger partial charge in [0.05, 0.1) is 6.20 Å². The number of aromatic nitrogens is 2. The molecule has 4 nitrogen and oxygen atoms in total. The first-order chi connectivity index (χ1) is 5.75. The van der Waals surface area contributed by atoms with E-state index < -0.39 is 10.7 Å². The first-order valence-corrected chi connectivity index (χ1v) is 5.10. The van der Waals surface area contributed by atoms with Crippen LogP contribution < -0.4 is 0 Å². The Morgan fingerprint density at radius 1 is 1.58 bits per heavy atom. The molecule has 1 fully saturated rings. The van der Waals surface area contributed by atoms with Crippen LogP contribution in [0, 0.1) is 5.92 Å². The monoisotopic (exact) mass is 186 g/mol. The van der Waals surface area contributed by atoms with E-state index in [2.05, 4.69) is 5.10 Å². The number of thiol groups is 1. The van der Waals surface area contributed by atoms with Crippen LogP contribution >= 0.6 is 0 Å². The maximum absolute atomic E-state index is 10.5. The third-order valence-corrected chi connectivity index (χ3v) is 2.63. The normalized spacial score (nSPS) is 17.1. The highest BCUT2D eigenvalue weighted by molar-refractivity contribution is 7.72. The molecular formula is C7H10N2O2S. The van der Waals surface area contributed by atoms with Crippen LogP contribution in [0.15, 0.2) is 17.3 Å². The Balaban J connectivity index is 2.11. The summed E-state index contributed by atoms with van der Waals surface area (Å²) in [7, 11) is -2.46. The zero-order chi connectivity index (χ0) is 8.55. The highest BCUT2D eigenvalue weighted by atomic mass is 32.2. The summed E-state index contributed by atoms with van der Waals surface area (Å²) in [5.41, 5.74) is 0. The Bertz CT molecular complexity index is 344. The molecule has 1 heterocycles. The van der Waals surface area contributed by atoms with Gasteiger partial charge in [-0.1, -0.05) is 0 Å². The smallest absolute Gasteiger partial charge is 0.171 e. The van der Waals surface area contributed by atoms with Gasteiger partial charge < -0.3 is 0 Å². The average Bonchev–Trinajstić information content (AvgIpc) is 2.66. The SMILES string of the molecule is O=[SH](=O)c1cnn(CC2CC2)c1. The predicted molar refractivity (Wildman–Crippen MR) is 43.5 cm³/mol. The van der Waals surface area contributed by atoms with Crippen molar-refractivity contribution in [3.63, 3.8) is 0 Å². The molecule has 0 bridgehead atoms. The Labute approximate surface area is 72.1 Å². The standard InChI is InChI=1S/C7H10N2O2S/c10-12(11)7-3-8-9(5-7)4-6-1-2-6/h3,5-6,12H,1-2,4H2. The van der Waals surface area contributed by atoms with Gasteiger partial charge in [0.1, 0.15) is 4.90 Å². The summed E-state index contributed by atoms with van der Waals surface area (Å²) in [4.78, 5) is 0.311. The largest absolute Gasteiger partial charge is 0.271 e. The van der Waals surface area contributed by atoms with Crippen molar-refractivity contribution >= 4 is 10.7 Å². The lowest BCUT2D eigenvalue weighted by Gasteiger charge is -1.95. The summed E-state index contributed by atoms with van der Waals surface area (Å²) in [6, 6.07) is 0. The first-order valence-electron chi connectivity index (χ1n) is 3.92. The van der Waals surface area contributed by atoms with Crippen molar-refractivity contribution in [2.24, 2.45) is 5.92 Å². The molecule has 0 unspecified atom stereocenters. The molecule has 12 heavy (non-hydrogen) atoms. The Morgan fingerprint density at radius 2 is 2.33 bits per heavy atom. The van der Waals surface area contributed by atoms with Crippen LogP contribution in [0.1, 0.15) is 12.8 Å². The van der Waals surface area contributed by atoms with Crippen LogP contribution in [-0.2, 0) is 17.2 Å². The fourth-order valence-corrected chi connectivity index (χ4v) is 1.49. The molecule has 0 saturated heterocycles. The van der Waals surface area contributed by atoms with Gasteiger partial charge in [-0.25, -0.2) is 8.42 Å². The number of hydrogen-bond acceptors (Lipinski definition) is 3. The van der Waals surface area contributed by atoms with Crippen LogP contribution in [0.5, 0.6) is 0 Å². The van der Waals surface area contributed by atoms with E-state index in [1.165, 1.54) is 19.0 Å². The van der Waals surface area contributed by atoms with Gasteiger partial charge in [0, 0.05) is 12.7 Å². The molecule has 1 aliphatic carbocycles. The molecule has 0 atom stereocenters. The quantitative estimate of drug-likeness (QED) is 0.689. The number of hydrogen-bond donors (Lipinski definition) is 1. The molecule has 1 aromatic heterocycles. The van der Waals surface area contributed by atoms with Crippen LogP contribution in [0.2, 0.25) is 0 Å². The number of rotatable bonds is 3. The molecule has 0 N–H and O–H groups in total. The van der Waals surface area contributed by atoms with Crippen molar-refractivity contribution in [1.29, 1.82) is 0 Å². The van der Waals surface area contributed by atoms with Crippen molar-refractivity contribution in [3.05, 3.63) is 12.4 Å². The Hall–Kier alpha value is -0.840. The van der Waals surface area contributed by atoms with E-state index in [9.17, 15) is 8.42 Å². The summed E-state index contributed by atoms with van der Waals surface area (Å²) in [5, 5.41) is 3.95. The second-order valence-corrected chi connectivity index (χ2v) is 4.15. The lowest BCUT2D eigenvalue weighted by Crippen LogP contribution is -1.99. The second kappa shape index (κ2) is 2.90. The van der Waals surface area contributed by atoms with E-state index in [4.69, 9.17) is 0 Å². The van der Waals surface area contributed by atoms with Gasteiger partial charge in [-0.05, 0) is 18.8 Å². The van der Waals surface area contributed by atoms with E-state index in [0.29, 0.717) is 4.90 Å².